The fraction of sp³-hybridized carbons (Fsp3) is 0.143. The van der Waals surface area contributed by atoms with E-state index in [1.807, 2.05) is 0 Å². The summed E-state index contributed by atoms with van der Waals surface area (Å²) in [4.78, 5) is 0. The molecule has 0 nitrogen and oxygen atoms in total. The Kier molecular flexibility index (Phi) is 0.647. The van der Waals surface area contributed by atoms with Crippen LogP contribution < -0.4 is 0 Å². The lowest BCUT2D eigenvalue weighted by Gasteiger charge is -1.93. The Morgan fingerprint density at radius 3 is 3.22 bits per heavy atom. The van der Waals surface area contributed by atoms with Crippen LogP contribution in [0.2, 0.25) is 0 Å². The van der Waals surface area contributed by atoms with Gasteiger partial charge in [0.15, 0.2) is 0 Å². The highest BCUT2D eigenvalue weighted by molar-refractivity contribution is 9.10. The summed E-state index contributed by atoms with van der Waals surface area (Å²) >= 11 is 2.69. The minimum absolute atomic E-state index is 0.394. The fourth-order valence-electron chi connectivity index (χ4n) is 0.368. The maximum Gasteiger partial charge on any atom is 0.137 e. The van der Waals surface area contributed by atoms with Crippen LogP contribution in [-0.2, 0) is 0 Å². The van der Waals surface area contributed by atoms with E-state index in [0.29, 0.717) is 0 Å². The highest BCUT2D eigenvalue weighted by Gasteiger charge is 1.94. The molecule has 0 fully saturated rings. The van der Waals surface area contributed by atoms with Crippen LogP contribution in [0.25, 0.3) is 0 Å². The molecule has 0 radical (unpaired) electrons. The van der Waals surface area contributed by atoms with E-state index in [4.69, 9.17) is 8.22 Å². The summed E-state index contributed by atoms with van der Waals surface area (Å²) in [5.41, 5.74) is -0.610. The first-order chi connectivity index (χ1) is 6.68. The van der Waals surface area contributed by atoms with Gasteiger partial charge in [-0.3, -0.25) is 0 Å². The lowest BCUT2D eigenvalue weighted by Crippen LogP contribution is -1.76. The molecule has 0 aromatic heterocycles. The SMILES string of the molecule is [2H]c1c([2H])c(C([2H])([2H])[2H])c([2H])c(Br)c1F. The highest BCUT2D eigenvalue weighted by atomic mass is 79.9. The molecule has 0 spiro atoms. The Bertz CT molecular complexity index is 384. The van der Waals surface area contributed by atoms with Gasteiger partial charge in [-0.15, -0.1) is 0 Å². The Morgan fingerprint density at radius 1 is 1.78 bits per heavy atom. The van der Waals surface area contributed by atoms with Crippen molar-refractivity contribution >= 4 is 15.9 Å². The molecule has 1 rings (SSSR count). The van der Waals surface area contributed by atoms with Crippen molar-refractivity contribution in [1.29, 1.82) is 0 Å². The maximum atomic E-state index is 13.2. The summed E-state index contributed by atoms with van der Waals surface area (Å²) < 4.78 is 55.9. The molecule has 0 bridgehead atoms. The molecule has 0 aliphatic rings. The van der Waals surface area contributed by atoms with Crippen molar-refractivity contribution in [3.05, 3.63) is 34.0 Å². The van der Waals surface area contributed by atoms with Gasteiger partial charge in [-0.25, -0.2) is 4.39 Å². The van der Waals surface area contributed by atoms with Crippen LogP contribution in [0.3, 0.4) is 0 Å². The minimum atomic E-state index is -2.69. The molecule has 0 atom stereocenters. The smallest absolute Gasteiger partial charge is 0.137 e. The first-order valence-electron chi connectivity index (χ1n) is 5.13. The van der Waals surface area contributed by atoms with E-state index in [1.54, 1.807) is 0 Å². The number of hydrogen-bond acceptors (Lipinski definition) is 0. The molecular weight excluding hydrogens is 183 g/mol. The van der Waals surface area contributed by atoms with Crippen molar-refractivity contribution < 1.29 is 12.6 Å². The Balaban J connectivity index is 3.68. The summed E-state index contributed by atoms with van der Waals surface area (Å²) in [7, 11) is 0. The van der Waals surface area contributed by atoms with Crippen molar-refractivity contribution in [3.8, 4) is 0 Å². The quantitative estimate of drug-likeness (QED) is 0.597. The molecule has 1 aromatic carbocycles. The predicted molar refractivity (Wildman–Crippen MR) is 38.8 cm³/mol. The molecule has 9 heavy (non-hydrogen) atoms. The highest BCUT2D eigenvalue weighted by Crippen LogP contribution is 2.15. The van der Waals surface area contributed by atoms with E-state index >= 15 is 0 Å². The second-order valence-corrected chi connectivity index (χ2v) is 2.17. The van der Waals surface area contributed by atoms with Crippen LogP contribution in [0.5, 0.6) is 0 Å². The third kappa shape index (κ3) is 1.52. The van der Waals surface area contributed by atoms with Gasteiger partial charge in [-0.05, 0) is 40.4 Å². The molecule has 0 amide bonds. The molecule has 0 aliphatic carbocycles. The minimum Gasteiger partial charge on any atom is -0.206 e. The maximum absolute atomic E-state index is 13.2. The fourth-order valence-corrected chi connectivity index (χ4v) is 0.665. The van der Waals surface area contributed by atoms with E-state index < -0.39 is 40.8 Å². The van der Waals surface area contributed by atoms with E-state index in [0.717, 1.165) is 0 Å². The zero-order valence-electron chi connectivity index (χ0n) is 10.3. The second-order valence-electron chi connectivity index (χ2n) is 1.38. The van der Waals surface area contributed by atoms with Gasteiger partial charge in [0.2, 0.25) is 0 Å². The van der Waals surface area contributed by atoms with Crippen molar-refractivity contribution in [2.24, 2.45) is 0 Å². The number of hydrogen-bond donors (Lipinski definition) is 0. The predicted octanol–water partition coefficient (Wildman–Crippen LogP) is 2.90. The monoisotopic (exact) mass is 194 g/mol. The first-order valence-corrected chi connectivity index (χ1v) is 2.92. The van der Waals surface area contributed by atoms with Crippen molar-refractivity contribution in [2.45, 2.75) is 6.85 Å². The average molecular weight is 195 g/mol. The largest absolute Gasteiger partial charge is 0.206 e. The van der Waals surface area contributed by atoms with Crippen LogP contribution >= 0.6 is 15.9 Å². The topological polar surface area (TPSA) is 0 Å². The van der Waals surface area contributed by atoms with E-state index in [9.17, 15) is 4.39 Å². The van der Waals surface area contributed by atoms with Crippen molar-refractivity contribution in [1.82, 2.24) is 0 Å². The Morgan fingerprint density at radius 2 is 2.56 bits per heavy atom. The van der Waals surface area contributed by atoms with Crippen LogP contribution in [0.4, 0.5) is 4.39 Å². The molecule has 0 unspecified atom stereocenters. The molecule has 0 aliphatic heterocycles. The van der Waals surface area contributed by atoms with Gasteiger partial charge in [0.1, 0.15) is 5.82 Å². The summed E-state index contributed by atoms with van der Waals surface area (Å²) in [5.74, 6) is -1.09. The van der Waals surface area contributed by atoms with Crippen LogP contribution in [0.1, 0.15) is 13.8 Å². The molecule has 2 heteroatoms. The van der Waals surface area contributed by atoms with Crippen molar-refractivity contribution in [2.75, 3.05) is 0 Å². The van der Waals surface area contributed by atoms with Crippen LogP contribution in [-0.4, -0.2) is 0 Å². The first kappa shape index (κ1) is 2.35. The normalized spacial score (nSPS) is 20.7. The summed E-state index contributed by atoms with van der Waals surface area (Å²) in [6, 6.07) is -2.18. The molecule has 0 heterocycles. The van der Waals surface area contributed by atoms with E-state index in [2.05, 4.69) is 15.9 Å². The van der Waals surface area contributed by atoms with E-state index in [-0.39, 0.29) is 0 Å². The zero-order valence-corrected chi connectivity index (χ0v) is 5.84. The summed E-state index contributed by atoms with van der Waals surface area (Å²) in [5, 5.41) is 0. The van der Waals surface area contributed by atoms with Gasteiger partial charge >= 0.3 is 0 Å². The van der Waals surface area contributed by atoms with Gasteiger partial charge in [0.05, 0.1) is 8.58 Å². The van der Waals surface area contributed by atoms with Gasteiger partial charge in [0.25, 0.3) is 0 Å². The molecule has 48 valence electrons. The summed E-state index contributed by atoms with van der Waals surface area (Å²) in [6.07, 6.45) is 0. The van der Waals surface area contributed by atoms with E-state index in [1.165, 1.54) is 0 Å². The van der Waals surface area contributed by atoms with Gasteiger partial charge in [0, 0.05) is 4.11 Å². The van der Waals surface area contributed by atoms with Gasteiger partial charge < -0.3 is 0 Å². The standard InChI is InChI=1S/C7H6BrF/c1-5-2-3-7(9)6(8)4-5/h2-4H,1H3/i1D3,2D,3D,4D. The second kappa shape index (κ2) is 2.48. The van der Waals surface area contributed by atoms with Gasteiger partial charge in [-0.2, -0.15) is 0 Å². The van der Waals surface area contributed by atoms with Crippen LogP contribution in [0, 0.1) is 12.7 Å². The number of benzene rings is 1. The molecule has 0 saturated heterocycles. The Hall–Kier alpha value is -0.370. The van der Waals surface area contributed by atoms with Crippen molar-refractivity contribution in [3.63, 3.8) is 0 Å². The lowest BCUT2D eigenvalue weighted by atomic mass is 10.2. The third-order valence-electron chi connectivity index (χ3n) is 0.725. The average Bonchev–Trinajstić information content (AvgIpc) is 2.09. The molecular formula is C7H6BrF. The molecule has 1 aromatic rings. The Labute approximate surface area is 70.3 Å². The van der Waals surface area contributed by atoms with Crippen LogP contribution in [0.15, 0.2) is 22.6 Å². The number of rotatable bonds is 0. The van der Waals surface area contributed by atoms with Gasteiger partial charge in [-0.1, -0.05) is 6.04 Å². The lowest BCUT2D eigenvalue weighted by molar-refractivity contribution is 0.620. The summed E-state index contributed by atoms with van der Waals surface area (Å²) in [6.45, 7) is -2.69. The molecule has 0 N–H and O–H groups in total. The molecule has 0 saturated carbocycles. The third-order valence-corrected chi connectivity index (χ3v) is 1.27. The number of halogens is 2. The zero-order chi connectivity index (χ0) is 12.0.